The summed E-state index contributed by atoms with van der Waals surface area (Å²) < 4.78 is 10.3. The van der Waals surface area contributed by atoms with Crippen molar-refractivity contribution >= 4 is 0 Å². The number of methoxy groups -OCH3 is 2. The molecule has 0 aliphatic carbocycles. The summed E-state index contributed by atoms with van der Waals surface area (Å²) in [5.41, 5.74) is 1.80. The van der Waals surface area contributed by atoms with Crippen molar-refractivity contribution < 1.29 is 9.47 Å². The molecular formula is C21H24N4O2. The summed E-state index contributed by atoms with van der Waals surface area (Å²) in [6.07, 6.45) is 0.794. The van der Waals surface area contributed by atoms with Crippen LogP contribution in [0.25, 0.3) is 0 Å². The smallest absolute Gasteiger partial charge is 0.121 e. The van der Waals surface area contributed by atoms with E-state index in [2.05, 4.69) is 22.8 Å². The average Bonchev–Trinajstić information content (AvgIpc) is 2.74. The summed E-state index contributed by atoms with van der Waals surface area (Å²) in [4.78, 5) is 0. The van der Waals surface area contributed by atoms with E-state index in [1.54, 1.807) is 14.2 Å². The highest BCUT2D eigenvalue weighted by Gasteiger charge is 2.11. The Kier molecular flexibility index (Phi) is 8.12. The minimum Gasteiger partial charge on any atom is -0.497 e. The second kappa shape index (κ2) is 10.8. The molecule has 0 saturated heterocycles. The van der Waals surface area contributed by atoms with Crippen molar-refractivity contribution in [1.82, 2.24) is 10.6 Å². The maximum absolute atomic E-state index is 9.37. The first-order valence-corrected chi connectivity index (χ1v) is 8.75. The van der Waals surface area contributed by atoms with Crippen LogP contribution in [0.4, 0.5) is 0 Å². The summed E-state index contributed by atoms with van der Waals surface area (Å²) in [5, 5.41) is 25.2. The van der Waals surface area contributed by atoms with Gasteiger partial charge in [-0.3, -0.25) is 10.6 Å². The average molecular weight is 364 g/mol. The minimum atomic E-state index is -0.371. The topological polar surface area (TPSA) is 90.1 Å². The number of nitrogens with one attached hydrogen (secondary N) is 2. The highest BCUT2D eigenvalue weighted by Crippen LogP contribution is 2.18. The lowest BCUT2D eigenvalue weighted by Crippen LogP contribution is -2.26. The van der Waals surface area contributed by atoms with Gasteiger partial charge in [-0.15, -0.1) is 0 Å². The van der Waals surface area contributed by atoms with Crippen molar-refractivity contribution in [2.75, 3.05) is 27.3 Å². The van der Waals surface area contributed by atoms with Crippen LogP contribution in [-0.4, -0.2) is 27.3 Å². The maximum atomic E-state index is 9.37. The molecule has 27 heavy (non-hydrogen) atoms. The fraction of sp³-hybridized carbons (Fsp3) is 0.333. The third kappa shape index (κ3) is 6.00. The van der Waals surface area contributed by atoms with Crippen LogP contribution in [0, 0.1) is 22.7 Å². The zero-order valence-electron chi connectivity index (χ0n) is 15.6. The van der Waals surface area contributed by atoms with Crippen molar-refractivity contribution in [1.29, 1.82) is 10.5 Å². The lowest BCUT2D eigenvalue weighted by molar-refractivity contribution is 0.414. The van der Waals surface area contributed by atoms with E-state index in [0.717, 1.165) is 29.0 Å². The van der Waals surface area contributed by atoms with Gasteiger partial charge in [-0.2, -0.15) is 10.5 Å². The lowest BCUT2D eigenvalue weighted by atomic mass is 10.1. The van der Waals surface area contributed by atoms with E-state index >= 15 is 0 Å². The molecule has 2 aromatic rings. The van der Waals surface area contributed by atoms with Gasteiger partial charge in [0, 0.05) is 0 Å². The van der Waals surface area contributed by atoms with Gasteiger partial charge in [0.2, 0.25) is 0 Å². The summed E-state index contributed by atoms with van der Waals surface area (Å²) in [5.74, 6) is 1.53. The van der Waals surface area contributed by atoms with Crippen LogP contribution in [0.15, 0.2) is 48.5 Å². The van der Waals surface area contributed by atoms with Gasteiger partial charge < -0.3 is 9.47 Å². The molecule has 2 aromatic carbocycles. The predicted molar refractivity (Wildman–Crippen MR) is 103 cm³/mol. The minimum absolute atomic E-state index is 0.371. The van der Waals surface area contributed by atoms with E-state index in [4.69, 9.17) is 9.47 Å². The number of ether oxygens (including phenoxy) is 2. The van der Waals surface area contributed by atoms with E-state index in [1.165, 1.54) is 0 Å². The second-order valence-corrected chi connectivity index (χ2v) is 5.93. The number of nitriles is 2. The SMILES string of the molecule is COc1ccc([C@@H](C#N)NCCCN[C@H](C#N)c2ccc(OC)cc2)cc1. The third-order valence-corrected chi connectivity index (χ3v) is 4.21. The molecule has 0 radical (unpaired) electrons. The first-order chi connectivity index (χ1) is 13.2. The Morgan fingerprint density at radius 3 is 1.41 bits per heavy atom. The molecule has 2 atom stereocenters. The maximum Gasteiger partial charge on any atom is 0.121 e. The van der Waals surface area contributed by atoms with Crippen LogP contribution in [0.2, 0.25) is 0 Å². The molecule has 0 fully saturated rings. The Hall–Kier alpha value is -3.06. The first-order valence-electron chi connectivity index (χ1n) is 8.75. The van der Waals surface area contributed by atoms with Crippen molar-refractivity contribution in [3.63, 3.8) is 0 Å². The van der Waals surface area contributed by atoms with Crippen LogP contribution in [0.5, 0.6) is 11.5 Å². The van der Waals surface area contributed by atoms with Gasteiger partial charge in [-0.05, 0) is 54.9 Å². The number of rotatable bonds is 10. The van der Waals surface area contributed by atoms with Crippen molar-refractivity contribution in [3.8, 4) is 23.6 Å². The van der Waals surface area contributed by atoms with Gasteiger partial charge in [0.15, 0.2) is 0 Å². The lowest BCUT2D eigenvalue weighted by Gasteiger charge is -2.14. The van der Waals surface area contributed by atoms with Crippen LogP contribution in [-0.2, 0) is 0 Å². The molecule has 0 spiro atoms. The fourth-order valence-electron chi connectivity index (χ4n) is 2.65. The zero-order chi connectivity index (χ0) is 19.5. The van der Waals surface area contributed by atoms with E-state index < -0.39 is 0 Å². The largest absolute Gasteiger partial charge is 0.497 e. The highest BCUT2D eigenvalue weighted by atomic mass is 16.5. The molecule has 0 saturated carbocycles. The summed E-state index contributed by atoms with van der Waals surface area (Å²) in [6.45, 7) is 1.33. The standard InChI is InChI=1S/C21H24N4O2/c1-26-18-8-4-16(5-9-18)20(14-22)24-12-3-13-25-21(15-23)17-6-10-19(27-2)11-7-17/h4-11,20-21,24-25H,3,12-13H2,1-2H3/t20-,21-/m1/s1. The van der Waals surface area contributed by atoms with E-state index in [-0.39, 0.29) is 12.1 Å². The Morgan fingerprint density at radius 1 is 0.741 bits per heavy atom. The van der Waals surface area contributed by atoms with Crippen molar-refractivity contribution in [2.24, 2.45) is 0 Å². The molecular weight excluding hydrogens is 340 g/mol. The van der Waals surface area contributed by atoms with Gasteiger partial charge >= 0.3 is 0 Å². The molecule has 2 N–H and O–H groups in total. The van der Waals surface area contributed by atoms with Gasteiger partial charge in [0.25, 0.3) is 0 Å². The number of benzene rings is 2. The van der Waals surface area contributed by atoms with E-state index in [9.17, 15) is 10.5 Å². The number of hydrogen-bond acceptors (Lipinski definition) is 6. The third-order valence-electron chi connectivity index (χ3n) is 4.21. The molecule has 0 aromatic heterocycles. The molecule has 0 aliphatic rings. The Bertz CT molecular complexity index is 708. The molecule has 140 valence electrons. The Labute approximate surface area is 160 Å². The second-order valence-electron chi connectivity index (χ2n) is 5.93. The molecule has 0 unspecified atom stereocenters. The zero-order valence-corrected chi connectivity index (χ0v) is 15.6. The molecule has 0 aliphatic heterocycles. The monoisotopic (exact) mass is 364 g/mol. The van der Waals surface area contributed by atoms with Gasteiger partial charge in [-0.25, -0.2) is 0 Å². The van der Waals surface area contributed by atoms with Crippen LogP contribution in [0.1, 0.15) is 29.6 Å². The van der Waals surface area contributed by atoms with E-state index in [1.807, 2.05) is 48.5 Å². The molecule has 6 heteroatoms. The van der Waals surface area contributed by atoms with Crippen molar-refractivity contribution in [2.45, 2.75) is 18.5 Å². The number of nitrogens with zero attached hydrogens (tertiary/aromatic N) is 2. The Balaban J connectivity index is 1.77. The van der Waals surface area contributed by atoms with Crippen LogP contribution < -0.4 is 20.1 Å². The van der Waals surface area contributed by atoms with Crippen molar-refractivity contribution in [3.05, 3.63) is 59.7 Å². The molecule has 6 nitrogen and oxygen atoms in total. The first kappa shape index (κ1) is 20.3. The number of hydrogen-bond donors (Lipinski definition) is 2. The van der Waals surface area contributed by atoms with Gasteiger partial charge in [-0.1, -0.05) is 24.3 Å². The summed E-state index contributed by atoms with van der Waals surface area (Å²) >= 11 is 0. The van der Waals surface area contributed by atoms with Gasteiger partial charge in [0.05, 0.1) is 26.4 Å². The van der Waals surface area contributed by atoms with Crippen LogP contribution in [0.3, 0.4) is 0 Å². The summed E-state index contributed by atoms with van der Waals surface area (Å²) in [6, 6.07) is 18.7. The molecule has 0 amide bonds. The van der Waals surface area contributed by atoms with Crippen LogP contribution >= 0.6 is 0 Å². The fourth-order valence-corrected chi connectivity index (χ4v) is 2.65. The molecule has 2 rings (SSSR count). The van der Waals surface area contributed by atoms with Gasteiger partial charge in [0.1, 0.15) is 23.6 Å². The molecule has 0 bridgehead atoms. The highest BCUT2D eigenvalue weighted by molar-refractivity contribution is 5.32. The van der Waals surface area contributed by atoms with E-state index in [0.29, 0.717) is 13.1 Å². The molecule has 0 heterocycles. The Morgan fingerprint density at radius 2 is 1.11 bits per heavy atom. The predicted octanol–water partition coefficient (Wildman–Crippen LogP) is 3.10. The normalized spacial score (nSPS) is 12.4. The quantitative estimate of drug-likeness (QED) is 0.630. The summed E-state index contributed by atoms with van der Waals surface area (Å²) in [7, 11) is 3.23.